The number of amides is 2. The Labute approximate surface area is 121 Å². The van der Waals surface area contributed by atoms with E-state index < -0.39 is 0 Å². The first kappa shape index (κ1) is 14.7. The maximum absolute atomic E-state index is 12.3. The fraction of sp³-hybridized carbons (Fsp3) is 0.357. The molecule has 2 N–H and O–H groups in total. The van der Waals surface area contributed by atoms with E-state index in [0.29, 0.717) is 26.2 Å². The van der Waals surface area contributed by atoms with Gasteiger partial charge in [-0.1, -0.05) is 0 Å². The lowest BCUT2D eigenvalue weighted by atomic mass is 10.1. The van der Waals surface area contributed by atoms with Crippen LogP contribution in [-0.4, -0.2) is 58.0 Å². The predicted octanol–water partition coefficient (Wildman–Crippen LogP) is 0.296. The highest BCUT2D eigenvalue weighted by molar-refractivity contribution is 5.95. The molecule has 1 heterocycles. The Hall–Kier alpha value is -2.75. The van der Waals surface area contributed by atoms with Crippen LogP contribution in [0.4, 0.5) is 0 Å². The third kappa shape index (κ3) is 3.42. The number of carbonyl (C=O) groups excluding carboxylic acids is 2. The van der Waals surface area contributed by atoms with Crippen LogP contribution in [0.2, 0.25) is 0 Å². The van der Waals surface area contributed by atoms with Gasteiger partial charge in [-0.05, 0) is 12.1 Å². The highest BCUT2D eigenvalue weighted by atomic mass is 16.3. The lowest BCUT2D eigenvalue weighted by Crippen LogP contribution is -2.50. The first-order chi connectivity index (χ1) is 10.0. The topological polar surface area (TPSA) is 105 Å². The first-order valence-corrected chi connectivity index (χ1v) is 6.48. The molecule has 7 nitrogen and oxygen atoms in total. The minimum Gasteiger partial charge on any atom is -0.508 e. The maximum atomic E-state index is 12.3. The van der Waals surface area contributed by atoms with Crippen LogP contribution in [0.25, 0.3) is 0 Å². The minimum absolute atomic E-state index is 0.158. The Bertz CT molecular complexity index is 580. The zero-order valence-corrected chi connectivity index (χ0v) is 11.3. The molecular formula is C14H15N3O4. The van der Waals surface area contributed by atoms with Gasteiger partial charge in [0, 0.05) is 37.8 Å². The fourth-order valence-corrected chi connectivity index (χ4v) is 2.24. The van der Waals surface area contributed by atoms with E-state index in [1.54, 1.807) is 9.80 Å². The third-order valence-corrected chi connectivity index (χ3v) is 3.30. The Kier molecular flexibility index (Phi) is 4.28. The second-order valence-corrected chi connectivity index (χ2v) is 4.75. The quantitative estimate of drug-likeness (QED) is 0.814. The average Bonchev–Trinajstić information content (AvgIpc) is 2.46. The molecule has 0 unspecified atom stereocenters. The summed E-state index contributed by atoms with van der Waals surface area (Å²) in [6.45, 7) is 1.45. The number of aromatic hydroxyl groups is 2. The van der Waals surface area contributed by atoms with Gasteiger partial charge in [-0.3, -0.25) is 9.59 Å². The standard InChI is InChI=1S/C14H15N3O4/c15-2-1-13(20)16-3-5-17(6-4-16)14(21)10-7-11(18)9-12(19)8-10/h7-9,18-19H,1,3-6H2. The zero-order valence-electron chi connectivity index (χ0n) is 11.3. The maximum Gasteiger partial charge on any atom is 0.254 e. The van der Waals surface area contributed by atoms with Crippen molar-refractivity contribution in [3.05, 3.63) is 23.8 Å². The normalized spacial score (nSPS) is 14.6. The Morgan fingerprint density at radius 2 is 1.57 bits per heavy atom. The van der Waals surface area contributed by atoms with Crippen molar-refractivity contribution in [1.29, 1.82) is 5.26 Å². The summed E-state index contributed by atoms with van der Waals surface area (Å²) in [5.41, 5.74) is 0.198. The van der Waals surface area contributed by atoms with Gasteiger partial charge in [-0.25, -0.2) is 0 Å². The van der Waals surface area contributed by atoms with E-state index in [-0.39, 0.29) is 35.3 Å². The molecule has 1 aromatic rings. The Morgan fingerprint density at radius 3 is 2.10 bits per heavy atom. The molecule has 7 heteroatoms. The van der Waals surface area contributed by atoms with Gasteiger partial charge in [0.25, 0.3) is 5.91 Å². The molecule has 0 radical (unpaired) electrons. The molecule has 2 rings (SSSR count). The molecule has 21 heavy (non-hydrogen) atoms. The molecule has 0 bridgehead atoms. The summed E-state index contributed by atoms with van der Waals surface area (Å²) in [6.07, 6.45) is -0.158. The van der Waals surface area contributed by atoms with Crippen molar-refractivity contribution in [2.24, 2.45) is 0 Å². The number of hydrogen-bond acceptors (Lipinski definition) is 5. The lowest BCUT2D eigenvalue weighted by Gasteiger charge is -2.34. The summed E-state index contributed by atoms with van der Waals surface area (Å²) < 4.78 is 0. The minimum atomic E-state index is -0.311. The van der Waals surface area contributed by atoms with Gasteiger partial charge in [0.15, 0.2) is 0 Å². The fourth-order valence-electron chi connectivity index (χ4n) is 2.24. The molecule has 1 aliphatic heterocycles. The number of nitrogens with zero attached hydrogens (tertiary/aromatic N) is 3. The number of piperazine rings is 1. The van der Waals surface area contributed by atoms with E-state index in [1.807, 2.05) is 6.07 Å². The average molecular weight is 289 g/mol. The zero-order chi connectivity index (χ0) is 15.4. The van der Waals surface area contributed by atoms with Crippen molar-refractivity contribution in [3.8, 4) is 17.6 Å². The van der Waals surface area contributed by atoms with Crippen LogP contribution < -0.4 is 0 Å². The smallest absolute Gasteiger partial charge is 0.254 e. The number of carbonyl (C=O) groups is 2. The molecule has 1 saturated heterocycles. The summed E-state index contributed by atoms with van der Waals surface area (Å²) in [5.74, 6) is -0.907. The van der Waals surface area contributed by atoms with Crippen LogP contribution in [-0.2, 0) is 4.79 Å². The van der Waals surface area contributed by atoms with E-state index in [2.05, 4.69) is 0 Å². The number of nitriles is 1. The SMILES string of the molecule is N#CCC(=O)N1CCN(C(=O)c2cc(O)cc(O)c2)CC1. The van der Waals surface area contributed by atoms with Crippen LogP contribution in [0, 0.1) is 11.3 Å². The van der Waals surface area contributed by atoms with Gasteiger partial charge in [0.05, 0.1) is 6.07 Å². The van der Waals surface area contributed by atoms with Gasteiger partial charge < -0.3 is 20.0 Å². The summed E-state index contributed by atoms with van der Waals surface area (Å²) in [5, 5.41) is 27.3. The van der Waals surface area contributed by atoms with Crippen molar-refractivity contribution in [3.63, 3.8) is 0 Å². The van der Waals surface area contributed by atoms with E-state index in [9.17, 15) is 19.8 Å². The molecule has 0 aliphatic carbocycles. The summed E-state index contributed by atoms with van der Waals surface area (Å²) >= 11 is 0. The largest absolute Gasteiger partial charge is 0.508 e. The Morgan fingerprint density at radius 1 is 1.05 bits per heavy atom. The second-order valence-electron chi connectivity index (χ2n) is 4.75. The van der Waals surface area contributed by atoms with Gasteiger partial charge in [-0.2, -0.15) is 5.26 Å². The van der Waals surface area contributed by atoms with Gasteiger partial charge in [0.2, 0.25) is 5.91 Å². The molecule has 110 valence electrons. The number of benzene rings is 1. The molecule has 1 aromatic carbocycles. The van der Waals surface area contributed by atoms with Crippen molar-refractivity contribution in [2.75, 3.05) is 26.2 Å². The Balaban J connectivity index is 2.00. The van der Waals surface area contributed by atoms with Crippen LogP contribution >= 0.6 is 0 Å². The van der Waals surface area contributed by atoms with E-state index >= 15 is 0 Å². The van der Waals surface area contributed by atoms with E-state index in [4.69, 9.17) is 5.26 Å². The third-order valence-electron chi connectivity index (χ3n) is 3.30. The number of phenols is 2. The number of rotatable bonds is 2. The van der Waals surface area contributed by atoms with Crippen LogP contribution in [0.1, 0.15) is 16.8 Å². The summed E-state index contributed by atoms with van der Waals surface area (Å²) in [4.78, 5) is 26.9. The predicted molar refractivity (Wildman–Crippen MR) is 72.5 cm³/mol. The molecule has 0 aromatic heterocycles. The van der Waals surface area contributed by atoms with Crippen molar-refractivity contribution in [2.45, 2.75) is 6.42 Å². The van der Waals surface area contributed by atoms with E-state index in [1.165, 1.54) is 12.1 Å². The first-order valence-electron chi connectivity index (χ1n) is 6.48. The molecule has 0 atom stereocenters. The number of phenolic OH excluding ortho intramolecular Hbond substituents is 2. The van der Waals surface area contributed by atoms with Crippen molar-refractivity contribution >= 4 is 11.8 Å². The van der Waals surface area contributed by atoms with Crippen molar-refractivity contribution in [1.82, 2.24) is 9.80 Å². The van der Waals surface area contributed by atoms with Crippen LogP contribution in [0.3, 0.4) is 0 Å². The van der Waals surface area contributed by atoms with Crippen LogP contribution in [0.15, 0.2) is 18.2 Å². The monoisotopic (exact) mass is 289 g/mol. The molecule has 2 amide bonds. The molecular weight excluding hydrogens is 274 g/mol. The highest BCUT2D eigenvalue weighted by Gasteiger charge is 2.25. The molecule has 1 fully saturated rings. The summed E-state index contributed by atoms with van der Waals surface area (Å²) in [6, 6.07) is 5.53. The van der Waals surface area contributed by atoms with Gasteiger partial charge in [-0.15, -0.1) is 0 Å². The second kappa shape index (κ2) is 6.13. The van der Waals surface area contributed by atoms with Gasteiger partial charge >= 0.3 is 0 Å². The van der Waals surface area contributed by atoms with Gasteiger partial charge in [0.1, 0.15) is 17.9 Å². The molecule has 0 saturated carbocycles. The lowest BCUT2D eigenvalue weighted by molar-refractivity contribution is -0.131. The molecule has 0 spiro atoms. The van der Waals surface area contributed by atoms with Crippen LogP contribution in [0.5, 0.6) is 11.5 Å². The van der Waals surface area contributed by atoms with E-state index in [0.717, 1.165) is 6.07 Å². The molecule has 1 aliphatic rings. The summed E-state index contributed by atoms with van der Waals surface area (Å²) in [7, 11) is 0. The number of hydrogen-bond donors (Lipinski definition) is 2. The highest BCUT2D eigenvalue weighted by Crippen LogP contribution is 2.22. The van der Waals surface area contributed by atoms with Crippen molar-refractivity contribution < 1.29 is 19.8 Å².